The number of fused-ring (bicyclic) bond motifs is 1. The molecule has 11 heteroatoms. The van der Waals surface area contributed by atoms with Crippen LogP contribution in [0.15, 0.2) is 115 Å². The van der Waals surface area contributed by atoms with Gasteiger partial charge in [-0.2, -0.15) is 0 Å². The van der Waals surface area contributed by atoms with Gasteiger partial charge < -0.3 is 24.5 Å². The Hall–Kier alpha value is -4.94. The molecule has 0 radical (unpaired) electrons. The van der Waals surface area contributed by atoms with Crippen molar-refractivity contribution >= 4 is 28.7 Å². The predicted molar refractivity (Wildman–Crippen MR) is 187 cm³/mol. The van der Waals surface area contributed by atoms with Crippen LogP contribution in [0.25, 0.3) is 22.2 Å². The first-order valence-electron chi connectivity index (χ1n) is 16.1. The highest BCUT2D eigenvalue weighted by Crippen LogP contribution is 2.43. The van der Waals surface area contributed by atoms with Crippen molar-refractivity contribution in [1.82, 2.24) is 30.0 Å². The summed E-state index contributed by atoms with van der Waals surface area (Å²) in [5.41, 5.74) is 7.47. The predicted octanol–water partition coefficient (Wildman–Crippen LogP) is 6.43. The fourth-order valence-corrected chi connectivity index (χ4v) is 6.99. The summed E-state index contributed by atoms with van der Waals surface area (Å²) in [7, 11) is 1.93. The number of carbonyl (C=O) groups is 1. The molecule has 1 aliphatic rings. The van der Waals surface area contributed by atoms with Gasteiger partial charge in [-0.25, -0.2) is 4.98 Å². The van der Waals surface area contributed by atoms with E-state index in [1.165, 1.54) is 6.20 Å². The van der Waals surface area contributed by atoms with E-state index in [0.717, 1.165) is 44.1 Å². The van der Waals surface area contributed by atoms with Gasteiger partial charge in [-0.05, 0) is 52.1 Å². The van der Waals surface area contributed by atoms with E-state index >= 15 is 0 Å². The van der Waals surface area contributed by atoms with Crippen molar-refractivity contribution in [3.63, 3.8) is 0 Å². The van der Waals surface area contributed by atoms with Crippen molar-refractivity contribution in [1.29, 1.82) is 0 Å². The Morgan fingerprint density at radius 2 is 1.67 bits per heavy atom. The largest absolute Gasteiger partial charge is 0.392 e. The average Bonchev–Trinajstić information content (AvgIpc) is 3.57. The van der Waals surface area contributed by atoms with Crippen LogP contribution in [-0.4, -0.2) is 47.6 Å². The second kappa shape index (κ2) is 14.7. The highest BCUT2D eigenvalue weighted by Gasteiger charge is 2.38. The average molecular weight is 673 g/mol. The number of aliphatic hydroxyl groups is 1. The number of ether oxygens (including phenoxy) is 2. The molecule has 1 saturated heterocycles. The van der Waals surface area contributed by atoms with E-state index in [-0.39, 0.29) is 36.3 Å². The molecule has 1 fully saturated rings. The van der Waals surface area contributed by atoms with Crippen LogP contribution in [0.5, 0.6) is 0 Å². The number of aryl methyl sites for hydroxylation is 1. The summed E-state index contributed by atoms with van der Waals surface area (Å²) in [6.07, 6.45) is 2.24. The third-order valence-corrected chi connectivity index (χ3v) is 9.85. The molecular formula is C38H36N6O4S. The number of hydrogen-bond acceptors (Lipinski definition) is 9. The van der Waals surface area contributed by atoms with E-state index in [4.69, 9.17) is 9.47 Å². The van der Waals surface area contributed by atoms with Crippen LogP contribution in [0.3, 0.4) is 0 Å². The third kappa shape index (κ3) is 7.40. The summed E-state index contributed by atoms with van der Waals surface area (Å²) in [6.45, 7) is 2.48. The van der Waals surface area contributed by atoms with E-state index in [2.05, 4.69) is 56.7 Å². The molecule has 10 nitrogen and oxygen atoms in total. The minimum atomic E-state index is -0.603. The first-order chi connectivity index (χ1) is 23.9. The summed E-state index contributed by atoms with van der Waals surface area (Å²) < 4.78 is 15.3. The molecule has 0 saturated carbocycles. The number of carbonyl (C=O) groups excluding carboxylic acids is 1. The number of nitrogens with zero attached hydrogens (tertiary/aromatic N) is 5. The van der Waals surface area contributed by atoms with Gasteiger partial charge in [0, 0.05) is 30.8 Å². The lowest BCUT2D eigenvalue weighted by atomic mass is 9.91. The minimum absolute atomic E-state index is 0.0104. The van der Waals surface area contributed by atoms with Gasteiger partial charge in [-0.15, -0.1) is 10.2 Å². The quantitative estimate of drug-likeness (QED) is 0.158. The Balaban J connectivity index is 1.09. The van der Waals surface area contributed by atoms with Gasteiger partial charge >= 0.3 is 0 Å². The van der Waals surface area contributed by atoms with Gasteiger partial charge in [0.05, 0.1) is 36.0 Å². The molecule has 1 aliphatic heterocycles. The first kappa shape index (κ1) is 32.6. The molecule has 2 aromatic heterocycles. The standard InChI is InChI=1S/C38H36N6O4S/c1-24-34(22-49-38-43-41-23-44(38)2)47-37(48-35(24)27-15-13-25(21-45)14-16-27)30-10-6-9-29(18-30)28-8-5-7-26(17-28)19-40-36(46)33-20-39-31-11-3-4-12-32(31)42-33/h3-18,20,23-24,34-35,37,45H,19,21-22H2,1-2H3,(H,40,46)/t24-,34+,35+,37+/m0/s1. The molecule has 248 valence electrons. The van der Waals surface area contributed by atoms with Gasteiger partial charge in [-0.1, -0.05) is 91.5 Å². The molecule has 0 aliphatic carbocycles. The van der Waals surface area contributed by atoms with E-state index in [9.17, 15) is 9.90 Å². The molecule has 4 aromatic carbocycles. The highest BCUT2D eigenvalue weighted by atomic mass is 32.2. The maximum Gasteiger partial charge on any atom is 0.271 e. The van der Waals surface area contributed by atoms with Crippen molar-refractivity contribution in [2.45, 2.75) is 43.7 Å². The van der Waals surface area contributed by atoms with E-state index < -0.39 is 6.29 Å². The first-order valence-corrected chi connectivity index (χ1v) is 17.1. The van der Waals surface area contributed by atoms with E-state index in [1.54, 1.807) is 18.1 Å². The van der Waals surface area contributed by atoms with Gasteiger partial charge in [0.25, 0.3) is 5.91 Å². The Labute approximate surface area is 288 Å². The van der Waals surface area contributed by atoms with E-state index in [0.29, 0.717) is 17.8 Å². The lowest BCUT2D eigenvalue weighted by Crippen LogP contribution is -2.38. The zero-order valence-electron chi connectivity index (χ0n) is 27.1. The van der Waals surface area contributed by atoms with Crippen LogP contribution in [0, 0.1) is 5.92 Å². The maximum atomic E-state index is 12.9. The van der Waals surface area contributed by atoms with Gasteiger partial charge in [-0.3, -0.25) is 9.78 Å². The van der Waals surface area contributed by atoms with Crippen LogP contribution < -0.4 is 5.32 Å². The summed E-state index contributed by atoms with van der Waals surface area (Å²) in [6, 6.07) is 31.7. The van der Waals surface area contributed by atoms with Crippen LogP contribution >= 0.6 is 11.8 Å². The Morgan fingerprint density at radius 3 is 2.45 bits per heavy atom. The number of nitrogens with one attached hydrogen (secondary N) is 1. The lowest BCUT2D eigenvalue weighted by molar-refractivity contribution is -0.268. The molecule has 0 unspecified atom stereocenters. The van der Waals surface area contributed by atoms with Crippen LogP contribution in [0.2, 0.25) is 0 Å². The minimum Gasteiger partial charge on any atom is -0.392 e. The Kier molecular flexibility index (Phi) is 9.76. The lowest BCUT2D eigenvalue weighted by Gasteiger charge is -2.41. The monoisotopic (exact) mass is 672 g/mol. The molecule has 0 bridgehead atoms. The molecule has 0 spiro atoms. The molecular weight excluding hydrogens is 637 g/mol. The fourth-order valence-electron chi connectivity index (χ4n) is 5.93. The smallest absolute Gasteiger partial charge is 0.271 e. The number of rotatable bonds is 10. The van der Waals surface area contributed by atoms with Gasteiger partial charge in [0.2, 0.25) is 0 Å². The van der Waals surface area contributed by atoms with Crippen molar-refractivity contribution < 1.29 is 19.4 Å². The zero-order valence-corrected chi connectivity index (χ0v) is 28.0. The van der Waals surface area contributed by atoms with Crippen molar-refractivity contribution in [2.24, 2.45) is 13.0 Å². The molecule has 7 rings (SSSR count). The molecule has 1 amide bonds. The normalized spacial score (nSPS) is 19.2. The zero-order chi connectivity index (χ0) is 33.7. The summed E-state index contributed by atoms with van der Waals surface area (Å²) in [5, 5.41) is 21.6. The topological polar surface area (TPSA) is 124 Å². The third-order valence-electron chi connectivity index (χ3n) is 8.72. The molecule has 49 heavy (non-hydrogen) atoms. The van der Waals surface area contributed by atoms with E-state index in [1.807, 2.05) is 84.4 Å². The molecule has 3 heterocycles. The summed E-state index contributed by atoms with van der Waals surface area (Å²) in [5.74, 6) is 0.448. The van der Waals surface area contributed by atoms with Crippen molar-refractivity contribution in [2.75, 3.05) is 5.75 Å². The number of hydrogen-bond donors (Lipinski definition) is 2. The number of para-hydroxylation sites is 2. The fraction of sp³-hybridized carbons (Fsp3) is 0.237. The van der Waals surface area contributed by atoms with Crippen LogP contribution in [-0.2, 0) is 29.7 Å². The highest BCUT2D eigenvalue weighted by molar-refractivity contribution is 7.99. The van der Waals surface area contributed by atoms with Crippen molar-refractivity contribution in [3.05, 3.63) is 138 Å². The molecule has 4 atom stereocenters. The van der Waals surface area contributed by atoms with Crippen molar-refractivity contribution in [3.8, 4) is 11.1 Å². The number of benzene rings is 4. The number of aliphatic hydroxyl groups excluding tert-OH is 1. The SMILES string of the molecule is C[C@H]1[C@@H](CSc2nncn2C)O[C@@H](c2cccc(-c3cccc(CNC(=O)c4cnc5ccccc5n4)c3)c2)O[C@H]1c1ccc(CO)cc1. The number of aromatic nitrogens is 5. The Morgan fingerprint density at radius 1 is 0.898 bits per heavy atom. The van der Waals surface area contributed by atoms with Gasteiger partial charge in [0.15, 0.2) is 11.4 Å². The summed E-state index contributed by atoms with van der Waals surface area (Å²) >= 11 is 1.61. The second-order valence-corrected chi connectivity index (χ2v) is 13.1. The molecule has 2 N–H and O–H groups in total. The van der Waals surface area contributed by atoms with Crippen LogP contribution in [0.1, 0.15) is 52.1 Å². The number of amides is 1. The Bertz CT molecular complexity index is 2070. The molecule has 6 aromatic rings. The summed E-state index contributed by atoms with van der Waals surface area (Å²) in [4.78, 5) is 21.7. The van der Waals surface area contributed by atoms with Gasteiger partial charge in [0.1, 0.15) is 12.0 Å². The maximum absolute atomic E-state index is 12.9. The number of thioether (sulfide) groups is 1. The van der Waals surface area contributed by atoms with Crippen LogP contribution in [0.4, 0.5) is 0 Å². The second-order valence-electron chi connectivity index (χ2n) is 12.1.